The van der Waals surface area contributed by atoms with Crippen molar-refractivity contribution in [2.24, 2.45) is 0 Å². The minimum Gasteiger partial charge on any atom is -0.316 e. The first-order valence-electron chi connectivity index (χ1n) is 7.08. The topological polar surface area (TPSA) is 56.6 Å². The fourth-order valence-corrected chi connectivity index (χ4v) is 2.27. The fraction of sp³-hybridized carbons (Fsp3) is 0.692. The molecule has 0 saturated carbocycles. The summed E-state index contributed by atoms with van der Waals surface area (Å²) in [5.74, 6) is 0. The van der Waals surface area contributed by atoms with Gasteiger partial charge in [0.05, 0.1) is 18.4 Å². The summed E-state index contributed by atoms with van der Waals surface area (Å²) in [5.41, 5.74) is 3.52. The third-order valence-corrected chi connectivity index (χ3v) is 3.89. The monoisotopic (exact) mass is 314 g/mol. The van der Waals surface area contributed by atoms with Crippen molar-refractivity contribution in [2.45, 2.75) is 6.54 Å². The first kappa shape index (κ1) is 16.2. The van der Waals surface area contributed by atoms with Gasteiger partial charge in [-0.2, -0.15) is 5.10 Å². The number of nitrogens with zero attached hydrogens (tertiary/aromatic N) is 5. The van der Waals surface area contributed by atoms with Gasteiger partial charge in [-0.3, -0.25) is 4.79 Å². The Kier molecular flexibility index (Phi) is 5.58. The lowest BCUT2D eigenvalue weighted by Gasteiger charge is -2.33. The van der Waals surface area contributed by atoms with Gasteiger partial charge >= 0.3 is 0 Å². The summed E-state index contributed by atoms with van der Waals surface area (Å²) >= 11 is 6.18. The summed E-state index contributed by atoms with van der Waals surface area (Å²) < 4.78 is 1.40. The number of likely N-dealkylation sites (N-methyl/N-ethyl adjacent to an activating group) is 2. The third kappa shape index (κ3) is 4.41. The molecule has 1 fully saturated rings. The molecule has 1 aliphatic rings. The van der Waals surface area contributed by atoms with E-state index in [9.17, 15) is 4.79 Å². The van der Waals surface area contributed by atoms with E-state index >= 15 is 0 Å². The number of hydrogen-bond donors (Lipinski definition) is 1. The Bertz CT molecular complexity index is 524. The van der Waals surface area contributed by atoms with Crippen LogP contribution in [-0.2, 0) is 6.54 Å². The van der Waals surface area contributed by atoms with Crippen LogP contribution in [0.25, 0.3) is 0 Å². The molecule has 7 nitrogen and oxygen atoms in total. The molecule has 1 aromatic heterocycles. The molecule has 1 aromatic rings. The molecule has 118 valence electrons. The smallest absolute Gasteiger partial charge is 0.287 e. The number of hydrazine groups is 1. The Hall–Kier alpha value is -1.15. The maximum absolute atomic E-state index is 12.2. The van der Waals surface area contributed by atoms with Crippen LogP contribution >= 0.6 is 11.6 Å². The fourth-order valence-electron chi connectivity index (χ4n) is 2.09. The molecule has 0 aromatic carbocycles. The van der Waals surface area contributed by atoms with Crippen molar-refractivity contribution >= 4 is 17.3 Å². The lowest BCUT2D eigenvalue weighted by atomic mass is 10.4. The summed E-state index contributed by atoms with van der Waals surface area (Å²) in [7, 11) is 6.00. The minimum absolute atomic E-state index is 0.197. The lowest BCUT2D eigenvalue weighted by Crippen LogP contribution is -2.47. The number of nitrogens with one attached hydrogen (secondary N) is 1. The molecule has 0 amide bonds. The Balaban J connectivity index is 2.04. The molecule has 1 aliphatic heterocycles. The zero-order valence-corrected chi connectivity index (χ0v) is 13.6. The molecular weight excluding hydrogens is 292 g/mol. The van der Waals surface area contributed by atoms with E-state index in [-0.39, 0.29) is 10.6 Å². The first-order valence-corrected chi connectivity index (χ1v) is 7.45. The summed E-state index contributed by atoms with van der Waals surface area (Å²) in [6.07, 6.45) is 1.62. The number of rotatable bonds is 5. The Morgan fingerprint density at radius 3 is 2.62 bits per heavy atom. The summed E-state index contributed by atoms with van der Waals surface area (Å²) in [6, 6.07) is 0. The summed E-state index contributed by atoms with van der Waals surface area (Å²) in [6.45, 7) is 5.01. The van der Waals surface area contributed by atoms with Gasteiger partial charge in [0.25, 0.3) is 5.56 Å². The molecule has 0 bridgehead atoms. The van der Waals surface area contributed by atoms with Crippen molar-refractivity contribution in [3.63, 3.8) is 0 Å². The average Bonchev–Trinajstić information content (AvgIpc) is 2.45. The van der Waals surface area contributed by atoms with E-state index < -0.39 is 0 Å². The molecule has 2 heterocycles. The van der Waals surface area contributed by atoms with Crippen LogP contribution in [0.15, 0.2) is 11.0 Å². The largest absolute Gasteiger partial charge is 0.316 e. The number of aromatic nitrogens is 2. The second-order valence-electron chi connectivity index (χ2n) is 5.61. The van der Waals surface area contributed by atoms with Gasteiger partial charge in [-0.25, -0.2) is 9.69 Å². The van der Waals surface area contributed by atoms with E-state index in [1.807, 2.05) is 19.0 Å². The highest BCUT2D eigenvalue weighted by Crippen LogP contribution is 2.16. The van der Waals surface area contributed by atoms with Crippen molar-refractivity contribution in [2.75, 3.05) is 59.3 Å². The van der Waals surface area contributed by atoms with Crippen LogP contribution in [0.5, 0.6) is 0 Å². The van der Waals surface area contributed by atoms with Gasteiger partial charge in [0.15, 0.2) is 0 Å². The third-order valence-electron chi connectivity index (χ3n) is 3.53. The van der Waals surface area contributed by atoms with E-state index in [1.165, 1.54) is 4.68 Å². The van der Waals surface area contributed by atoms with Crippen molar-refractivity contribution < 1.29 is 0 Å². The molecular formula is C13H23ClN6O. The molecule has 2 rings (SSSR count). The normalized spacial score (nSPS) is 17.4. The molecule has 0 spiro atoms. The molecule has 1 saturated heterocycles. The van der Waals surface area contributed by atoms with Crippen molar-refractivity contribution in [1.82, 2.24) is 24.6 Å². The van der Waals surface area contributed by atoms with Gasteiger partial charge in [-0.05, 0) is 21.1 Å². The quantitative estimate of drug-likeness (QED) is 0.828. The first-order chi connectivity index (χ1) is 9.97. The number of halogens is 1. The number of anilines is 1. The maximum Gasteiger partial charge on any atom is 0.287 e. The minimum atomic E-state index is -0.252. The number of hydrogen-bond acceptors (Lipinski definition) is 6. The SMILES string of the molecule is CN(C)CCn1ncc(NN2CCN(C)CC2)c(Cl)c1=O. The molecule has 0 aliphatic carbocycles. The van der Waals surface area contributed by atoms with Crippen LogP contribution < -0.4 is 11.0 Å². The molecule has 0 atom stereocenters. The second-order valence-corrected chi connectivity index (χ2v) is 5.98. The lowest BCUT2D eigenvalue weighted by molar-refractivity contribution is 0.179. The Morgan fingerprint density at radius 1 is 1.33 bits per heavy atom. The number of piperazine rings is 1. The highest BCUT2D eigenvalue weighted by atomic mass is 35.5. The van der Waals surface area contributed by atoms with Gasteiger partial charge in [0, 0.05) is 32.7 Å². The van der Waals surface area contributed by atoms with Gasteiger partial charge in [-0.1, -0.05) is 11.6 Å². The zero-order chi connectivity index (χ0) is 15.4. The van der Waals surface area contributed by atoms with E-state index in [0.29, 0.717) is 12.2 Å². The van der Waals surface area contributed by atoms with Gasteiger partial charge in [0.2, 0.25) is 0 Å². The van der Waals surface area contributed by atoms with Crippen molar-refractivity contribution in [3.8, 4) is 0 Å². The Morgan fingerprint density at radius 2 is 2.00 bits per heavy atom. The molecule has 21 heavy (non-hydrogen) atoms. The molecule has 1 N–H and O–H groups in total. The van der Waals surface area contributed by atoms with E-state index in [2.05, 4.69) is 27.5 Å². The second kappa shape index (κ2) is 7.22. The molecule has 0 unspecified atom stereocenters. The summed E-state index contributed by atoms with van der Waals surface area (Å²) in [4.78, 5) is 16.4. The predicted octanol–water partition coefficient (Wildman–Crippen LogP) is 0.0326. The molecule has 8 heteroatoms. The van der Waals surface area contributed by atoms with Gasteiger partial charge in [-0.15, -0.1) is 0 Å². The van der Waals surface area contributed by atoms with Crippen LogP contribution in [-0.4, -0.2) is 78.5 Å². The average molecular weight is 315 g/mol. The highest BCUT2D eigenvalue weighted by molar-refractivity contribution is 6.32. The van der Waals surface area contributed by atoms with Crippen LogP contribution in [0.2, 0.25) is 5.02 Å². The standard InChI is InChI=1S/C13H23ClN6O/c1-17(2)4-9-20-13(21)12(14)11(10-15-20)16-19-7-5-18(3)6-8-19/h10,16H,4-9H2,1-3H3. The molecule has 0 radical (unpaired) electrons. The predicted molar refractivity (Wildman–Crippen MR) is 84.8 cm³/mol. The zero-order valence-electron chi connectivity index (χ0n) is 12.8. The van der Waals surface area contributed by atoms with E-state index in [4.69, 9.17) is 11.6 Å². The Labute approximate surface area is 130 Å². The van der Waals surface area contributed by atoms with Crippen LogP contribution in [0, 0.1) is 0 Å². The van der Waals surface area contributed by atoms with Crippen molar-refractivity contribution in [3.05, 3.63) is 21.6 Å². The van der Waals surface area contributed by atoms with Gasteiger partial charge < -0.3 is 15.2 Å². The van der Waals surface area contributed by atoms with Crippen LogP contribution in [0.3, 0.4) is 0 Å². The van der Waals surface area contributed by atoms with Crippen LogP contribution in [0.1, 0.15) is 0 Å². The summed E-state index contributed by atoms with van der Waals surface area (Å²) in [5, 5.41) is 6.44. The highest BCUT2D eigenvalue weighted by Gasteiger charge is 2.16. The van der Waals surface area contributed by atoms with Crippen LogP contribution in [0.4, 0.5) is 5.69 Å². The van der Waals surface area contributed by atoms with Gasteiger partial charge in [0.1, 0.15) is 5.02 Å². The van der Waals surface area contributed by atoms with E-state index in [0.717, 1.165) is 32.7 Å². The van der Waals surface area contributed by atoms with Crippen molar-refractivity contribution in [1.29, 1.82) is 0 Å². The maximum atomic E-state index is 12.2. The van der Waals surface area contributed by atoms with E-state index in [1.54, 1.807) is 6.20 Å².